The van der Waals surface area contributed by atoms with E-state index >= 15 is 0 Å². The van der Waals surface area contributed by atoms with E-state index in [-0.39, 0.29) is 0 Å². The molecular formula is C16H23ClN2. The first-order valence-corrected chi connectivity index (χ1v) is 7.64. The third-order valence-electron chi connectivity index (χ3n) is 3.24. The van der Waals surface area contributed by atoms with Crippen LogP contribution in [0, 0.1) is 11.3 Å². The van der Waals surface area contributed by atoms with E-state index in [1.165, 1.54) is 12.8 Å². The van der Waals surface area contributed by atoms with Crippen molar-refractivity contribution in [2.24, 2.45) is 0 Å². The number of nitrogens with zero attached hydrogens (tertiary/aromatic N) is 2. The van der Waals surface area contributed by atoms with E-state index in [0.29, 0.717) is 5.88 Å². The van der Waals surface area contributed by atoms with Gasteiger partial charge in [-0.3, -0.25) is 0 Å². The summed E-state index contributed by atoms with van der Waals surface area (Å²) >= 11 is 5.83. The summed E-state index contributed by atoms with van der Waals surface area (Å²) in [6, 6.07) is 8.28. The molecule has 1 aromatic carbocycles. The number of hydrogen-bond acceptors (Lipinski definition) is 2. The Morgan fingerprint density at radius 2 is 1.79 bits per heavy atom. The maximum Gasteiger partial charge on any atom is 0.101 e. The Labute approximate surface area is 122 Å². The first-order chi connectivity index (χ1) is 9.26. The van der Waals surface area contributed by atoms with Gasteiger partial charge in [-0.2, -0.15) is 5.26 Å². The van der Waals surface area contributed by atoms with Gasteiger partial charge in [-0.15, -0.1) is 11.6 Å². The van der Waals surface area contributed by atoms with Crippen molar-refractivity contribution in [1.82, 2.24) is 0 Å². The molecule has 0 saturated carbocycles. The molecule has 0 N–H and O–H groups in total. The molecule has 0 aliphatic rings. The fourth-order valence-corrected chi connectivity index (χ4v) is 2.25. The number of nitriles is 1. The Morgan fingerprint density at radius 3 is 2.26 bits per heavy atom. The lowest BCUT2D eigenvalue weighted by atomic mass is 10.1. The molecule has 0 heterocycles. The van der Waals surface area contributed by atoms with Crippen LogP contribution in [0.1, 0.15) is 50.7 Å². The van der Waals surface area contributed by atoms with Gasteiger partial charge >= 0.3 is 0 Å². The summed E-state index contributed by atoms with van der Waals surface area (Å²) in [5.41, 5.74) is 2.80. The van der Waals surface area contributed by atoms with E-state index in [1.54, 1.807) is 0 Å². The molecule has 0 spiro atoms. The van der Waals surface area contributed by atoms with E-state index in [0.717, 1.165) is 42.7 Å². The van der Waals surface area contributed by atoms with Crippen LogP contribution in [-0.2, 0) is 5.88 Å². The first-order valence-electron chi connectivity index (χ1n) is 7.10. The van der Waals surface area contributed by atoms with Crippen molar-refractivity contribution in [2.45, 2.75) is 45.4 Å². The SMILES string of the molecule is CCCCN(CCCC)c1ccc(CCl)cc1C#N. The molecule has 0 saturated heterocycles. The zero-order valence-electron chi connectivity index (χ0n) is 12.0. The molecule has 0 fully saturated rings. The van der Waals surface area contributed by atoms with E-state index in [4.69, 9.17) is 11.6 Å². The van der Waals surface area contributed by atoms with Crippen LogP contribution < -0.4 is 4.90 Å². The fourth-order valence-electron chi connectivity index (χ4n) is 2.08. The van der Waals surface area contributed by atoms with Crippen LogP contribution in [0.3, 0.4) is 0 Å². The zero-order chi connectivity index (χ0) is 14.1. The van der Waals surface area contributed by atoms with Gasteiger partial charge in [-0.05, 0) is 30.5 Å². The molecule has 2 nitrogen and oxygen atoms in total. The molecule has 0 amide bonds. The molecule has 0 atom stereocenters. The number of unbranched alkanes of at least 4 members (excludes halogenated alkanes) is 2. The van der Waals surface area contributed by atoms with Gasteiger partial charge in [-0.25, -0.2) is 0 Å². The second kappa shape index (κ2) is 8.82. The Bertz CT molecular complexity index is 415. The van der Waals surface area contributed by atoms with Crippen molar-refractivity contribution in [3.05, 3.63) is 29.3 Å². The predicted molar refractivity (Wildman–Crippen MR) is 82.7 cm³/mol. The molecule has 19 heavy (non-hydrogen) atoms. The summed E-state index contributed by atoms with van der Waals surface area (Å²) in [4.78, 5) is 2.34. The minimum atomic E-state index is 0.457. The Kier molecular flexibility index (Phi) is 7.36. The summed E-state index contributed by atoms with van der Waals surface area (Å²) in [7, 11) is 0. The molecular weight excluding hydrogens is 256 g/mol. The van der Waals surface area contributed by atoms with Gasteiger partial charge < -0.3 is 4.90 Å². The predicted octanol–water partition coefficient (Wildman–Crippen LogP) is 4.70. The van der Waals surface area contributed by atoms with Crippen LogP contribution in [0.2, 0.25) is 0 Å². The third kappa shape index (κ3) is 4.76. The van der Waals surface area contributed by atoms with Crippen molar-refractivity contribution in [3.8, 4) is 6.07 Å². The molecule has 1 rings (SSSR count). The van der Waals surface area contributed by atoms with E-state index in [2.05, 4.69) is 24.8 Å². The van der Waals surface area contributed by atoms with E-state index in [1.807, 2.05) is 18.2 Å². The molecule has 0 aliphatic carbocycles. The standard InChI is InChI=1S/C16H23ClN2/c1-3-5-9-19(10-6-4-2)16-8-7-14(12-17)11-15(16)13-18/h7-8,11H,3-6,9-10,12H2,1-2H3. The largest absolute Gasteiger partial charge is 0.370 e. The highest BCUT2D eigenvalue weighted by molar-refractivity contribution is 6.17. The van der Waals surface area contributed by atoms with Crippen molar-refractivity contribution in [3.63, 3.8) is 0 Å². The summed E-state index contributed by atoms with van der Waals surface area (Å²) in [6.07, 6.45) is 4.66. The number of rotatable bonds is 8. The van der Waals surface area contributed by atoms with Crippen LogP contribution in [0.15, 0.2) is 18.2 Å². The second-order valence-electron chi connectivity index (χ2n) is 4.79. The minimum Gasteiger partial charge on any atom is -0.370 e. The van der Waals surface area contributed by atoms with Crippen LogP contribution in [0.4, 0.5) is 5.69 Å². The molecule has 3 heteroatoms. The monoisotopic (exact) mass is 278 g/mol. The van der Waals surface area contributed by atoms with Crippen molar-refractivity contribution >= 4 is 17.3 Å². The van der Waals surface area contributed by atoms with Crippen molar-refractivity contribution in [1.29, 1.82) is 5.26 Å². The molecule has 104 valence electrons. The third-order valence-corrected chi connectivity index (χ3v) is 3.55. The highest BCUT2D eigenvalue weighted by Crippen LogP contribution is 2.23. The van der Waals surface area contributed by atoms with E-state index in [9.17, 15) is 5.26 Å². The summed E-state index contributed by atoms with van der Waals surface area (Å²) in [5, 5.41) is 9.32. The van der Waals surface area contributed by atoms with Crippen LogP contribution in [-0.4, -0.2) is 13.1 Å². The number of alkyl halides is 1. The zero-order valence-corrected chi connectivity index (χ0v) is 12.7. The minimum absolute atomic E-state index is 0.457. The summed E-state index contributed by atoms with van der Waals surface area (Å²) in [6.45, 7) is 6.43. The van der Waals surface area contributed by atoms with Crippen molar-refractivity contribution in [2.75, 3.05) is 18.0 Å². The Balaban J connectivity index is 2.96. The van der Waals surface area contributed by atoms with E-state index < -0.39 is 0 Å². The number of benzene rings is 1. The van der Waals surface area contributed by atoms with Gasteiger partial charge in [0.25, 0.3) is 0 Å². The fraction of sp³-hybridized carbons (Fsp3) is 0.562. The van der Waals surface area contributed by atoms with Crippen LogP contribution >= 0.6 is 11.6 Å². The van der Waals surface area contributed by atoms with Crippen molar-refractivity contribution < 1.29 is 0 Å². The number of halogens is 1. The lowest BCUT2D eigenvalue weighted by molar-refractivity contribution is 0.677. The molecule has 0 bridgehead atoms. The number of anilines is 1. The first kappa shape index (κ1) is 15.9. The van der Waals surface area contributed by atoms with Gasteiger partial charge in [0.05, 0.1) is 11.3 Å². The Morgan fingerprint density at radius 1 is 1.16 bits per heavy atom. The van der Waals surface area contributed by atoms with Gasteiger partial charge in [0.1, 0.15) is 6.07 Å². The average molecular weight is 279 g/mol. The van der Waals surface area contributed by atoms with Gasteiger partial charge in [-0.1, -0.05) is 32.8 Å². The topological polar surface area (TPSA) is 27.0 Å². The van der Waals surface area contributed by atoms with Crippen LogP contribution in [0.25, 0.3) is 0 Å². The summed E-state index contributed by atoms with van der Waals surface area (Å²) < 4.78 is 0. The van der Waals surface area contributed by atoms with Gasteiger partial charge in [0, 0.05) is 19.0 Å². The maximum atomic E-state index is 9.32. The summed E-state index contributed by atoms with van der Waals surface area (Å²) in [5.74, 6) is 0.457. The van der Waals surface area contributed by atoms with Gasteiger partial charge in [0.15, 0.2) is 0 Å². The Hall–Kier alpha value is -1.20. The molecule has 0 radical (unpaired) electrons. The lowest BCUT2D eigenvalue weighted by Gasteiger charge is -2.26. The highest BCUT2D eigenvalue weighted by atomic mass is 35.5. The quantitative estimate of drug-likeness (QED) is 0.644. The highest BCUT2D eigenvalue weighted by Gasteiger charge is 2.11. The molecule has 0 aliphatic heterocycles. The average Bonchev–Trinajstić information content (AvgIpc) is 2.47. The lowest BCUT2D eigenvalue weighted by Crippen LogP contribution is -2.26. The van der Waals surface area contributed by atoms with Gasteiger partial charge in [0.2, 0.25) is 0 Å². The molecule has 1 aromatic rings. The second-order valence-corrected chi connectivity index (χ2v) is 5.06. The normalized spacial score (nSPS) is 10.2. The van der Waals surface area contributed by atoms with Crippen LogP contribution in [0.5, 0.6) is 0 Å². The maximum absolute atomic E-state index is 9.32. The number of hydrogen-bond donors (Lipinski definition) is 0. The molecule has 0 unspecified atom stereocenters. The molecule has 0 aromatic heterocycles. The smallest absolute Gasteiger partial charge is 0.101 e.